The molecule has 0 fully saturated rings. The highest BCUT2D eigenvalue weighted by molar-refractivity contribution is 9.10. The van der Waals surface area contributed by atoms with Crippen LogP contribution in [-0.4, -0.2) is 34.6 Å². The van der Waals surface area contributed by atoms with Crippen molar-refractivity contribution < 1.29 is 19.7 Å². The van der Waals surface area contributed by atoms with Crippen molar-refractivity contribution in [2.45, 2.75) is 0 Å². The van der Waals surface area contributed by atoms with Gasteiger partial charge in [0.15, 0.2) is 16.6 Å². The minimum Gasteiger partial charge on any atom is -0.504 e. The van der Waals surface area contributed by atoms with Gasteiger partial charge in [-0.2, -0.15) is 5.10 Å². The lowest BCUT2D eigenvalue weighted by Gasteiger charge is -2.08. The van der Waals surface area contributed by atoms with Crippen molar-refractivity contribution in [3.63, 3.8) is 0 Å². The maximum atomic E-state index is 10.9. The Balaban J connectivity index is 2.03. The van der Waals surface area contributed by atoms with Crippen molar-refractivity contribution in [3.8, 4) is 11.5 Å². The van der Waals surface area contributed by atoms with Crippen LogP contribution in [0.5, 0.6) is 11.5 Å². The molecule has 0 saturated carbocycles. The van der Waals surface area contributed by atoms with Crippen LogP contribution in [0.15, 0.2) is 46.0 Å². The fourth-order valence-electron chi connectivity index (χ4n) is 1.90. The summed E-state index contributed by atoms with van der Waals surface area (Å²) < 4.78 is 5.77. The number of carbonyl (C=O) groups is 1. The molecule has 0 atom stereocenters. The van der Waals surface area contributed by atoms with E-state index in [1.54, 1.807) is 24.3 Å². The highest BCUT2D eigenvalue weighted by atomic mass is 79.9. The van der Waals surface area contributed by atoms with Crippen LogP contribution in [0.25, 0.3) is 0 Å². The number of hydrogen-bond acceptors (Lipinski definition) is 5. The molecule has 0 aromatic heterocycles. The maximum absolute atomic E-state index is 10.9. The largest absolute Gasteiger partial charge is 0.504 e. The van der Waals surface area contributed by atoms with Crippen molar-refractivity contribution in [3.05, 3.63) is 52.0 Å². The van der Waals surface area contributed by atoms with Gasteiger partial charge in [0.05, 0.1) is 18.9 Å². The molecule has 9 heteroatoms. The van der Waals surface area contributed by atoms with E-state index < -0.39 is 5.97 Å². The van der Waals surface area contributed by atoms with Crippen LogP contribution in [-0.2, 0) is 0 Å². The minimum absolute atomic E-state index is 0.0516. The number of anilines is 1. The molecule has 2 aromatic carbocycles. The molecule has 0 radical (unpaired) electrons. The summed E-state index contributed by atoms with van der Waals surface area (Å²) in [6.07, 6.45) is 1.38. The zero-order valence-corrected chi connectivity index (χ0v) is 15.4. The first-order chi connectivity index (χ1) is 11.9. The Kier molecular flexibility index (Phi) is 6.31. The number of thiocarbonyl (C=S) groups is 1. The molecule has 0 aliphatic heterocycles. The van der Waals surface area contributed by atoms with E-state index in [2.05, 4.69) is 31.8 Å². The number of aromatic hydroxyl groups is 1. The average Bonchev–Trinajstić information content (AvgIpc) is 2.57. The third-order valence-corrected chi connectivity index (χ3v) is 3.68. The number of carboxylic acids is 1. The van der Waals surface area contributed by atoms with Gasteiger partial charge in [-0.15, -0.1) is 0 Å². The van der Waals surface area contributed by atoms with Gasteiger partial charge in [-0.1, -0.05) is 22.0 Å². The van der Waals surface area contributed by atoms with Crippen molar-refractivity contribution >= 4 is 51.1 Å². The fraction of sp³-hybridized carbons (Fsp3) is 0.0625. The van der Waals surface area contributed by atoms with E-state index in [0.29, 0.717) is 17.0 Å². The molecule has 0 amide bonds. The third-order valence-electron chi connectivity index (χ3n) is 3.03. The number of nitrogens with one attached hydrogen (secondary N) is 2. The van der Waals surface area contributed by atoms with E-state index in [-0.39, 0.29) is 16.4 Å². The molecule has 0 aliphatic carbocycles. The summed E-state index contributed by atoms with van der Waals surface area (Å²) >= 11 is 8.40. The Morgan fingerprint density at radius 3 is 2.80 bits per heavy atom. The minimum atomic E-state index is -1.03. The highest BCUT2D eigenvalue weighted by Crippen LogP contribution is 2.32. The van der Waals surface area contributed by atoms with Crippen molar-refractivity contribution in [1.82, 2.24) is 5.43 Å². The number of methoxy groups -OCH3 is 1. The number of hydrogen-bond donors (Lipinski definition) is 4. The van der Waals surface area contributed by atoms with Gasteiger partial charge in [0.1, 0.15) is 0 Å². The number of phenolic OH excluding ortho intramolecular Hbond substituents is 1. The predicted molar refractivity (Wildman–Crippen MR) is 103 cm³/mol. The van der Waals surface area contributed by atoms with Crippen LogP contribution < -0.4 is 15.5 Å². The zero-order valence-electron chi connectivity index (χ0n) is 13.0. The summed E-state index contributed by atoms with van der Waals surface area (Å²) in [5, 5.41) is 25.9. The lowest BCUT2D eigenvalue weighted by atomic mass is 10.2. The number of carboxylic acid groups (broad SMARTS) is 1. The van der Waals surface area contributed by atoms with Gasteiger partial charge in [0.2, 0.25) is 0 Å². The first kappa shape index (κ1) is 18.7. The number of hydrazone groups is 1. The Hall–Kier alpha value is -2.65. The summed E-state index contributed by atoms with van der Waals surface area (Å²) in [7, 11) is 1.45. The summed E-state index contributed by atoms with van der Waals surface area (Å²) in [6.45, 7) is 0. The Morgan fingerprint density at radius 2 is 2.12 bits per heavy atom. The number of ether oxygens (including phenoxy) is 1. The smallest absolute Gasteiger partial charge is 0.335 e. The molecule has 7 nitrogen and oxygen atoms in total. The number of phenols is 1. The van der Waals surface area contributed by atoms with Crippen LogP contribution in [0, 0.1) is 0 Å². The van der Waals surface area contributed by atoms with E-state index in [1.807, 2.05) is 0 Å². The number of aromatic carboxylic acids is 1. The van der Waals surface area contributed by atoms with Gasteiger partial charge in [0, 0.05) is 15.7 Å². The molecule has 25 heavy (non-hydrogen) atoms. The van der Waals surface area contributed by atoms with Gasteiger partial charge in [0.25, 0.3) is 0 Å². The van der Waals surface area contributed by atoms with Crippen LogP contribution in [0.1, 0.15) is 15.9 Å². The van der Waals surface area contributed by atoms with Crippen LogP contribution in [0.2, 0.25) is 0 Å². The van der Waals surface area contributed by atoms with Crippen molar-refractivity contribution in [2.75, 3.05) is 12.4 Å². The Morgan fingerprint density at radius 1 is 1.36 bits per heavy atom. The standard InChI is InChI=1S/C16H14BrN3O4S/c1-24-13-7-11(17)5-10(14(13)21)8-18-20-16(25)19-12-4-2-3-9(6-12)15(22)23/h2-8,21H,1H3,(H,22,23)(H2,19,20,25). The SMILES string of the molecule is COc1cc(Br)cc(C=NNC(=S)Nc2cccc(C(=O)O)c2)c1O. The molecular formula is C16H14BrN3O4S. The van der Waals surface area contributed by atoms with Crippen LogP contribution >= 0.6 is 28.1 Å². The monoisotopic (exact) mass is 423 g/mol. The first-order valence-electron chi connectivity index (χ1n) is 6.90. The van der Waals surface area contributed by atoms with Crippen molar-refractivity contribution in [2.24, 2.45) is 5.10 Å². The van der Waals surface area contributed by atoms with Gasteiger partial charge in [-0.25, -0.2) is 4.79 Å². The number of nitrogens with zero attached hydrogens (tertiary/aromatic N) is 1. The number of benzene rings is 2. The molecule has 0 saturated heterocycles. The lowest BCUT2D eigenvalue weighted by molar-refractivity contribution is 0.0697. The lowest BCUT2D eigenvalue weighted by Crippen LogP contribution is -2.24. The second kappa shape index (κ2) is 8.45. The van der Waals surface area contributed by atoms with E-state index in [9.17, 15) is 9.90 Å². The summed E-state index contributed by atoms with van der Waals surface area (Å²) in [6, 6.07) is 9.49. The predicted octanol–water partition coefficient (Wildman–Crippen LogP) is 3.18. The molecule has 2 rings (SSSR count). The third kappa shape index (κ3) is 5.16. The average molecular weight is 424 g/mol. The van der Waals surface area contributed by atoms with E-state index >= 15 is 0 Å². The molecule has 0 aliphatic rings. The maximum Gasteiger partial charge on any atom is 0.335 e. The zero-order chi connectivity index (χ0) is 18.4. The molecule has 0 unspecified atom stereocenters. The molecule has 4 N–H and O–H groups in total. The fourth-order valence-corrected chi connectivity index (χ4v) is 2.52. The Labute approximate surface area is 157 Å². The Bertz CT molecular complexity index is 842. The highest BCUT2D eigenvalue weighted by Gasteiger charge is 2.08. The quantitative estimate of drug-likeness (QED) is 0.332. The number of halogens is 1. The first-order valence-corrected chi connectivity index (χ1v) is 8.10. The molecular weight excluding hydrogens is 410 g/mol. The van der Waals surface area contributed by atoms with Gasteiger partial charge in [-0.3, -0.25) is 5.43 Å². The van der Waals surface area contributed by atoms with Crippen LogP contribution in [0.3, 0.4) is 0 Å². The number of rotatable bonds is 5. The van der Waals surface area contributed by atoms with Gasteiger partial charge < -0.3 is 20.3 Å². The van der Waals surface area contributed by atoms with E-state index in [0.717, 1.165) is 4.47 Å². The summed E-state index contributed by atoms with van der Waals surface area (Å²) in [5.74, 6) is -0.772. The molecule has 130 valence electrons. The second-order valence-electron chi connectivity index (χ2n) is 4.76. The van der Waals surface area contributed by atoms with E-state index in [4.69, 9.17) is 22.1 Å². The van der Waals surface area contributed by atoms with E-state index in [1.165, 1.54) is 25.5 Å². The summed E-state index contributed by atoms with van der Waals surface area (Å²) in [5.41, 5.74) is 3.67. The van der Waals surface area contributed by atoms with Gasteiger partial charge in [-0.05, 0) is 42.5 Å². The topological polar surface area (TPSA) is 103 Å². The second-order valence-corrected chi connectivity index (χ2v) is 6.08. The van der Waals surface area contributed by atoms with Crippen LogP contribution in [0.4, 0.5) is 5.69 Å². The van der Waals surface area contributed by atoms with Gasteiger partial charge >= 0.3 is 5.97 Å². The molecule has 0 bridgehead atoms. The molecule has 0 heterocycles. The summed E-state index contributed by atoms with van der Waals surface area (Å²) in [4.78, 5) is 10.9. The molecule has 2 aromatic rings. The normalized spacial score (nSPS) is 10.5. The van der Waals surface area contributed by atoms with Crippen molar-refractivity contribution in [1.29, 1.82) is 0 Å². The molecule has 0 spiro atoms.